The number of nitrogens with zero attached hydrogens (tertiary/aromatic N) is 4. The highest BCUT2D eigenvalue weighted by Crippen LogP contribution is 2.38. The van der Waals surface area contributed by atoms with Gasteiger partial charge in [0.25, 0.3) is 0 Å². The fourth-order valence-corrected chi connectivity index (χ4v) is 3.62. The maximum absolute atomic E-state index is 14.9. The summed E-state index contributed by atoms with van der Waals surface area (Å²) in [5.41, 5.74) is 0.845. The van der Waals surface area contributed by atoms with Gasteiger partial charge in [-0.3, -0.25) is 5.10 Å². The molecule has 3 N–H and O–H groups in total. The largest absolute Gasteiger partial charge is 0.490 e. The number of ether oxygens (including phenoxy) is 1. The first-order chi connectivity index (χ1) is 14.6. The molecular formula is C20H19ClFN7O. The molecule has 0 bridgehead atoms. The third-order valence-electron chi connectivity index (χ3n) is 5.01. The number of benzene rings is 1. The van der Waals surface area contributed by atoms with Crippen molar-refractivity contribution in [2.45, 2.75) is 31.4 Å². The molecule has 2 heterocycles. The van der Waals surface area contributed by atoms with Crippen LogP contribution in [0.15, 0.2) is 30.6 Å². The number of nitrogens with one attached hydrogen (secondary N) is 3. The fourth-order valence-electron chi connectivity index (χ4n) is 3.47. The number of hydrogen-bond donors (Lipinski definition) is 3. The zero-order chi connectivity index (χ0) is 21.1. The van der Waals surface area contributed by atoms with Crippen LogP contribution in [0.1, 0.15) is 25.0 Å². The van der Waals surface area contributed by atoms with Crippen molar-refractivity contribution in [3.05, 3.63) is 47.1 Å². The highest BCUT2D eigenvalue weighted by Gasteiger charge is 2.27. The van der Waals surface area contributed by atoms with E-state index in [1.807, 2.05) is 13.1 Å². The molecule has 0 saturated heterocycles. The van der Waals surface area contributed by atoms with Gasteiger partial charge in [-0.2, -0.15) is 10.4 Å². The number of aromatic amines is 1. The molecule has 1 aliphatic carbocycles. The Bertz CT molecular complexity index is 1080. The molecule has 0 aliphatic heterocycles. The van der Waals surface area contributed by atoms with Gasteiger partial charge in [0.2, 0.25) is 0 Å². The van der Waals surface area contributed by atoms with E-state index in [1.165, 1.54) is 18.5 Å². The van der Waals surface area contributed by atoms with E-state index in [0.29, 0.717) is 29.1 Å². The van der Waals surface area contributed by atoms with Crippen molar-refractivity contribution in [1.82, 2.24) is 25.5 Å². The van der Waals surface area contributed by atoms with Crippen molar-refractivity contribution in [1.29, 1.82) is 5.26 Å². The molecule has 1 aliphatic rings. The lowest BCUT2D eigenvalue weighted by atomic mass is 10.1. The zero-order valence-corrected chi connectivity index (χ0v) is 16.9. The molecule has 0 unspecified atom stereocenters. The van der Waals surface area contributed by atoms with Gasteiger partial charge in [0.05, 0.1) is 28.7 Å². The molecule has 1 aromatic carbocycles. The minimum atomic E-state index is -0.578. The molecule has 10 heteroatoms. The number of H-pyrrole nitrogens is 1. The summed E-state index contributed by atoms with van der Waals surface area (Å²) in [6.07, 6.45) is 5.51. The fraction of sp³-hybridized carbons (Fsp3) is 0.300. The Labute approximate surface area is 177 Å². The second-order valence-electron chi connectivity index (χ2n) is 6.96. The van der Waals surface area contributed by atoms with Crippen molar-refractivity contribution < 1.29 is 9.13 Å². The average Bonchev–Trinajstić information content (AvgIpc) is 3.41. The molecule has 1 saturated carbocycles. The van der Waals surface area contributed by atoms with E-state index in [0.717, 1.165) is 19.3 Å². The summed E-state index contributed by atoms with van der Waals surface area (Å²) in [7, 11) is 1.93. The van der Waals surface area contributed by atoms with Crippen LogP contribution in [0.5, 0.6) is 5.75 Å². The van der Waals surface area contributed by atoms with Crippen LogP contribution < -0.4 is 15.4 Å². The molecular weight excluding hydrogens is 409 g/mol. The zero-order valence-electron chi connectivity index (χ0n) is 16.1. The number of nitriles is 1. The number of anilines is 2. The molecule has 1 fully saturated rings. The van der Waals surface area contributed by atoms with E-state index < -0.39 is 5.82 Å². The van der Waals surface area contributed by atoms with Crippen LogP contribution in [0, 0.1) is 17.1 Å². The van der Waals surface area contributed by atoms with Crippen LogP contribution in [0.4, 0.5) is 16.0 Å². The Morgan fingerprint density at radius 2 is 2.13 bits per heavy atom. The standard InChI is InChI=1S/C20H19ClFN7O/c1-24-11-2-3-13(6-11)30-16-5-4-14(21)20(22)19(16)15-7-17(29-28-15)27-18-10-25-12(8-23)9-26-18/h4-5,7,9-11,13,24H,2-3,6H2,1H3,(H2,26,27,28,29)/t11-,13-/m1/s1. The average molecular weight is 428 g/mol. The normalized spacial score (nSPS) is 18.2. The maximum atomic E-state index is 14.9. The summed E-state index contributed by atoms with van der Waals surface area (Å²) in [5.74, 6) is 0.641. The Morgan fingerprint density at radius 1 is 1.27 bits per heavy atom. The van der Waals surface area contributed by atoms with E-state index in [9.17, 15) is 4.39 Å². The van der Waals surface area contributed by atoms with Crippen molar-refractivity contribution in [3.8, 4) is 23.1 Å². The van der Waals surface area contributed by atoms with Gasteiger partial charge >= 0.3 is 0 Å². The topological polar surface area (TPSA) is 112 Å². The highest BCUT2D eigenvalue weighted by molar-refractivity contribution is 6.31. The number of rotatable bonds is 6. The van der Waals surface area contributed by atoms with E-state index in [1.54, 1.807) is 12.1 Å². The second-order valence-corrected chi connectivity index (χ2v) is 7.37. The number of halogens is 2. The number of aromatic nitrogens is 4. The molecule has 2 atom stereocenters. The smallest absolute Gasteiger partial charge is 0.158 e. The third kappa shape index (κ3) is 4.20. The molecule has 8 nitrogen and oxygen atoms in total. The molecule has 4 rings (SSSR count). The number of hydrogen-bond acceptors (Lipinski definition) is 7. The van der Waals surface area contributed by atoms with Crippen molar-refractivity contribution in [2.24, 2.45) is 0 Å². The monoisotopic (exact) mass is 427 g/mol. The van der Waals surface area contributed by atoms with Crippen molar-refractivity contribution in [3.63, 3.8) is 0 Å². The lowest BCUT2D eigenvalue weighted by Crippen LogP contribution is -2.23. The van der Waals surface area contributed by atoms with Crippen LogP contribution in [0.3, 0.4) is 0 Å². The van der Waals surface area contributed by atoms with Gasteiger partial charge in [-0.15, -0.1) is 0 Å². The summed E-state index contributed by atoms with van der Waals surface area (Å²) >= 11 is 6.03. The molecule has 2 aromatic heterocycles. The lowest BCUT2D eigenvalue weighted by molar-refractivity contribution is 0.207. The SMILES string of the molecule is CN[C@@H]1CC[C@@H](Oc2ccc(Cl)c(F)c2-c2cc(Nc3cnc(C#N)cn3)n[nH]2)C1. The molecule has 154 valence electrons. The Hall–Kier alpha value is -3.22. The Kier molecular flexibility index (Phi) is 5.79. The van der Waals surface area contributed by atoms with Crippen LogP contribution in [-0.2, 0) is 0 Å². The quantitative estimate of drug-likeness (QED) is 0.548. The summed E-state index contributed by atoms with van der Waals surface area (Å²) in [5, 5.41) is 22.0. The van der Waals surface area contributed by atoms with E-state index in [2.05, 4.69) is 30.8 Å². The van der Waals surface area contributed by atoms with Gasteiger partial charge in [-0.05, 0) is 38.4 Å². The highest BCUT2D eigenvalue weighted by atomic mass is 35.5. The molecule has 3 aromatic rings. The minimum absolute atomic E-state index is 0.000980. The van der Waals surface area contributed by atoms with Crippen LogP contribution in [-0.4, -0.2) is 39.4 Å². The van der Waals surface area contributed by atoms with Gasteiger partial charge in [0.15, 0.2) is 17.3 Å². The second kappa shape index (κ2) is 8.65. The molecule has 0 amide bonds. The predicted octanol–water partition coefficient (Wildman–Crippen LogP) is 3.79. The van der Waals surface area contributed by atoms with Gasteiger partial charge < -0.3 is 15.4 Å². The summed E-state index contributed by atoms with van der Waals surface area (Å²) in [6, 6.07) is 7.09. The summed E-state index contributed by atoms with van der Waals surface area (Å²) in [4.78, 5) is 8.03. The first-order valence-electron chi connectivity index (χ1n) is 9.44. The van der Waals surface area contributed by atoms with Gasteiger partial charge in [-0.25, -0.2) is 14.4 Å². The first kappa shape index (κ1) is 20.1. The molecule has 0 spiro atoms. The van der Waals surface area contributed by atoms with Crippen LogP contribution in [0.2, 0.25) is 5.02 Å². The van der Waals surface area contributed by atoms with E-state index in [4.69, 9.17) is 21.6 Å². The first-order valence-corrected chi connectivity index (χ1v) is 9.82. The van der Waals surface area contributed by atoms with Crippen molar-refractivity contribution >= 4 is 23.2 Å². The van der Waals surface area contributed by atoms with Crippen molar-refractivity contribution in [2.75, 3.05) is 12.4 Å². The Balaban J connectivity index is 1.58. The lowest BCUT2D eigenvalue weighted by Gasteiger charge is -2.17. The molecule has 30 heavy (non-hydrogen) atoms. The van der Waals surface area contributed by atoms with Gasteiger partial charge in [0.1, 0.15) is 23.7 Å². The van der Waals surface area contributed by atoms with Crippen LogP contribution >= 0.6 is 11.6 Å². The third-order valence-corrected chi connectivity index (χ3v) is 5.30. The predicted molar refractivity (Wildman–Crippen MR) is 110 cm³/mol. The maximum Gasteiger partial charge on any atom is 0.158 e. The minimum Gasteiger partial charge on any atom is -0.490 e. The summed E-state index contributed by atoms with van der Waals surface area (Å²) in [6.45, 7) is 0. The van der Waals surface area contributed by atoms with E-state index >= 15 is 0 Å². The van der Waals surface area contributed by atoms with Crippen LogP contribution in [0.25, 0.3) is 11.3 Å². The van der Waals surface area contributed by atoms with Gasteiger partial charge in [-0.1, -0.05) is 11.6 Å². The van der Waals surface area contributed by atoms with E-state index in [-0.39, 0.29) is 22.4 Å². The van der Waals surface area contributed by atoms with Gasteiger partial charge in [0, 0.05) is 12.1 Å². The summed E-state index contributed by atoms with van der Waals surface area (Å²) < 4.78 is 21.1. The molecule has 0 radical (unpaired) electrons. The Morgan fingerprint density at radius 3 is 2.83 bits per heavy atom.